The number of alkyl halides is 3. The number of halogens is 3. The Bertz CT molecular complexity index is 504. The molecule has 3 nitrogen and oxygen atoms in total. The van der Waals surface area contributed by atoms with E-state index in [1.54, 1.807) is 6.07 Å². The van der Waals surface area contributed by atoms with Crippen LogP contribution in [0.4, 0.5) is 13.2 Å². The summed E-state index contributed by atoms with van der Waals surface area (Å²) in [5.74, 6) is 6.37. The van der Waals surface area contributed by atoms with E-state index in [4.69, 9.17) is 10.5 Å². The molecule has 0 heterocycles. The molecule has 1 aromatic rings. The van der Waals surface area contributed by atoms with Gasteiger partial charge in [0.05, 0.1) is 19.8 Å². The number of hydrogen-bond acceptors (Lipinski definition) is 3. The van der Waals surface area contributed by atoms with Crippen molar-refractivity contribution in [3.63, 3.8) is 0 Å². The second kappa shape index (κ2) is 8.55. The summed E-state index contributed by atoms with van der Waals surface area (Å²) in [5.41, 5.74) is 7.14. The van der Waals surface area contributed by atoms with Gasteiger partial charge in [0.15, 0.2) is 0 Å². The number of benzene rings is 1. The van der Waals surface area contributed by atoms with Crippen LogP contribution in [-0.2, 0) is 4.74 Å². The van der Waals surface area contributed by atoms with Crippen LogP contribution in [0.1, 0.15) is 17.5 Å². The number of hydrogen-bond donors (Lipinski definition) is 1. The Hall–Kier alpha value is -1.71. The molecule has 0 radical (unpaired) electrons. The lowest BCUT2D eigenvalue weighted by molar-refractivity contribution is -0.174. The molecule has 0 aliphatic heterocycles. The fraction of sp³-hybridized carbons (Fsp3) is 0.467. The van der Waals surface area contributed by atoms with Gasteiger partial charge in [0.1, 0.15) is 12.4 Å². The van der Waals surface area contributed by atoms with Gasteiger partial charge in [-0.1, -0.05) is 11.8 Å². The van der Waals surface area contributed by atoms with E-state index in [9.17, 15) is 13.2 Å². The van der Waals surface area contributed by atoms with Crippen molar-refractivity contribution in [3.05, 3.63) is 29.3 Å². The normalized spacial score (nSPS) is 10.9. The van der Waals surface area contributed by atoms with Crippen LogP contribution in [0.5, 0.6) is 5.75 Å². The van der Waals surface area contributed by atoms with Crippen LogP contribution < -0.4 is 10.5 Å². The molecule has 0 aliphatic carbocycles. The van der Waals surface area contributed by atoms with Crippen LogP contribution in [0.3, 0.4) is 0 Å². The van der Waals surface area contributed by atoms with E-state index < -0.39 is 12.8 Å². The monoisotopic (exact) mass is 301 g/mol. The molecule has 1 rings (SSSR count). The minimum Gasteiger partial charge on any atom is -0.493 e. The number of aryl methyl sites for hydroxylation is 1. The smallest absolute Gasteiger partial charge is 0.411 e. The maximum absolute atomic E-state index is 11.8. The largest absolute Gasteiger partial charge is 0.493 e. The summed E-state index contributed by atoms with van der Waals surface area (Å²) in [5, 5.41) is 0. The van der Waals surface area contributed by atoms with Gasteiger partial charge in [-0.15, -0.1) is 0 Å². The molecule has 0 aromatic heterocycles. The van der Waals surface area contributed by atoms with E-state index >= 15 is 0 Å². The van der Waals surface area contributed by atoms with Gasteiger partial charge in [0, 0.05) is 12.0 Å². The molecule has 1 aromatic carbocycles. The Morgan fingerprint density at radius 2 is 2.00 bits per heavy atom. The van der Waals surface area contributed by atoms with Gasteiger partial charge < -0.3 is 15.2 Å². The van der Waals surface area contributed by atoms with E-state index in [-0.39, 0.29) is 6.61 Å². The number of rotatable bonds is 6. The van der Waals surface area contributed by atoms with Crippen LogP contribution in [0.25, 0.3) is 0 Å². The SMILES string of the molecule is Cc1cc(OCCCOCC(F)(F)F)ccc1C#CCN. The van der Waals surface area contributed by atoms with Gasteiger partial charge in [0.25, 0.3) is 0 Å². The molecule has 6 heteroatoms. The van der Waals surface area contributed by atoms with Gasteiger partial charge in [-0.25, -0.2) is 0 Å². The molecule has 0 amide bonds. The lowest BCUT2D eigenvalue weighted by Crippen LogP contribution is -2.18. The zero-order chi connectivity index (χ0) is 15.7. The summed E-state index contributed by atoms with van der Waals surface area (Å²) in [6.45, 7) is 1.29. The molecule has 0 aliphatic rings. The van der Waals surface area contributed by atoms with Crippen molar-refractivity contribution in [3.8, 4) is 17.6 Å². The Morgan fingerprint density at radius 3 is 2.62 bits per heavy atom. The third-order valence-electron chi connectivity index (χ3n) is 2.49. The minimum atomic E-state index is -4.28. The first-order valence-corrected chi connectivity index (χ1v) is 6.49. The van der Waals surface area contributed by atoms with Crippen molar-refractivity contribution in [2.45, 2.75) is 19.5 Å². The summed E-state index contributed by atoms with van der Waals surface area (Å²) in [6, 6.07) is 5.43. The predicted molar refractivity (Wildman–Crippen MR) is 74.1 cm³/mol. The highest BCUT2D eigenvalue weighted by Crippen LogP contribution is 2.17. The Labute approximate surface area is 122 Å². The zero-order valence-electron chi connectivity index (χ0n) is 11.8. The molecular weight excluding hydrogens is 283 g/mol. The highest BCUT2D eigenvalue weighted by Gasteiger charge is 2.27. The number of nitrogens with two attached hydrogens (primary N) is 1. The number of ether oxygens (including phenoxy) is 2. The van der Waals surface area contributed by atoms with Crippen molar-refractivity contribution in [2.75, 3.05) is 26.4 Å². The van der Waals surface area contributed by atoms with Gasteiger partial charge in [-0.3, -0.25) is 0 Å². The lowest BCUT2D eigenvalue weighted by atomic mass is 10.1. The first kappa shape index (κ1) is 17.3. The third-order valence-corrected chi connectivity index (χ3v) is 2.49. The summed E-state index contributed by atoms with van der Waals surface area (Å²) in [7, 11) is 0. The average Bonchev–Trinajstić information content (AvgIpc) is 2.40. The van der Waals surface area contributed by atoms with Crippen molar-refractivity contribution >= 4 is 0 Å². The van der Waals surface area contributed by atoms with Crippen molar-refractivity contribution in [2.24, 2.45) is 5.73 Å². The van der Waals surface area contributed by atoms with E-state index in [0.29, 0.717) is 25.3 Å². The molecule has 0 unspecified atom stereocenters. The van der Waals surface area contributed by atoms with Gasteiger partial charge in [0.2, 0.25) is 0 Å². The van der Waals surface area contributed by atoms with E-state index in [2.05, 4.69) is 16.6 Å². The van der Waals surface area contributed by atoms with Gasteiger partial charge in [-0.2, -0.15) is 13.2 Å². The first-order chi connectivity index (χ1) is 9.92. The van der Waals surface area contributed by atoms with Crippen LogP contribution in [-0.4, -0.2) is 32.5 Å². The summed E-state index contributed by atoms with van der Waals surface area (Å²) >= 11 is 0. The van der Waals surface area contributed by atoms with Crippen LogP contribution in [0.2, 0.25) is 0 Å². The molecule has 2 N–H and O–H groups in total. The fourth-order valence-corrected chi connectivity index (χ4v) is 1.55. The second-order valence-electron chi connectivity index (χ2n) is 4.35. The molecule has 0 saturated heterocycles. The van der Waals surface area contributed by atoms with Crippen LogP contribution >= 0.6 is 0 Å². The van der Waals surface area contributed by atoms with Crippen molar-refractivity contribution in [1.82, 2.24) is 0 Å². The lowest BCUT2D eigenvalue weighted by Gasteiger charge is -2.09. The molecule has 0 spiro atoms. The van der Waals surface area contributed by atoms with E-state index in [1.165, 1.54) is 0 Å². The second-order valence-corrected chi connectivity index (χ2v) is 4.35. The molecular formula is C15H18F3NO2. The summed E-state index contributed by atoms with van der Waals surface area (Å²) < 4.78 is 45.4. The highest BCUT2D eigenvalue weighted by molar-refractivity contribution is 5.44. The average molecular weight is 301 g/mol. The molecule has 116 valence electrons. The quantitative estimate of drug-likeness (QED) is 0.649. The Morgan fingerprint density at radius 1 is 1.24 bits per heavy atom. The van der Waals surface area contributed by atoms with Crippen molar-refractivity contribution in [1.29, 1.82) is 0 Å². The van der Waals surface area contributed by atoms with Gasteiger partial charge in [-0.05, 0) is 30.7 Å². The van der Waals surface area contributed by atoms with Gasteiger partial charge >= 0.3 is 6.18 Å². The van der Waals surface area contributed by atoms with E-state index in [0.717, 1.165) is 11.1 Å². The molecule has 0 fully saturated rings. The van der Waals surface area contributed by atoms with Crippen LogP contribution in [0, 0.1) is 18.8 Å². The Kier molecular flexibility index (Phi) is 7.06. The standard InChI is InChI=1S/C15H18F3NO2/c1-12-10-14(6-5-13(12)4-2-7-19)21-9-3-8-20-11-15(16,17)18/h5-6,10H,3,7-9,11,19H2,1H3. The molecule has 0 saturated carbocycles. The zero-order valence-corrected chi connectivity index (χ0v) is 11.8. The van der Waals surface area contributed by atoms with Crippen molar-refractivity contribution < 1.29 is 22.6 Å². The predicted octanol–water partition coefficient (Wildman–Crippen LogP) is 2.65. The van der Waals surface area contributed by atoms with Crippen LogP contribution in [0.15, 0.2) is 18.2 Å². The first-order valence-electron chi connectivity index (χ1n) is 6.49. The molecule has 0 bridgehead atoms. The summed E-state index contributed by atoms with van der Waals surface area (Å²) in [6.07, 6.45) is -3.89. The Balaban J connectivity index is 2.31. The maximum atomic E-state index is 11.8. The van der Waals surface area contributed by atoms with E-state index in [1.807, 2.05) is 19.1 Å². The third kappa shape index (κ3) is 7.59. The topological polar surface area (TPSA) is 44.5 Å². The fourth-order valence-electron chi connectivity index (χ4n) is 1.55. The molecule has 0 atom stereocenters. The molecule has 21 heavy (non-hydrogen) atoms. The summed E-state index contributed by atoms with van der Waals surface area (Å²) in [4.78, 5) is 0. The highest BCUT2D eigenvalue weighted by atomic mass is 19.4. The maximum Gasteiger partial charge on any atom is 0.411 e. The minimum absolute atomic E-state index is 0.0125.